The van der Waals surface area contributed by atoms with E-state index in [1.165, 1.54) is 18.3 Å². The molecule has 0 radical (unpaired) electrons. The summed E-state index contributed by atoms with van der Waals surface area (Å²) in [4.78, 5) is 15.9. The maximum absolute atomic E-state index is 12.4. The molecule has 0 fully saturated rings. The number of benzene rings is 1. The quantitative estimate of drug-likeness (QED) is 0.811. The smallest absolute Gasteiger partial charge is 0.416 e. The van der Waals surface area contributed by atoms with Crippen LogP contribution in [-0.2, 0) is 11.0 Å². The van der Waals surface area contributed by atoms with Gasteiger partial charge < -0.3 is 5.11 Å². The highest BCUT2D eigenvalue weighted by atomic mass is 19.4. The van der Waals surface area contributed by atoms with Crippen LogP contribution in [0.15, 0.2) is 40.6 Å². The zero-order chi connectivity index (χ0) is 16.5. The van der Waals surface area contributed by atoms with Gasteiger partial charge in [-0.2, -0.15) is 13.2 Å². The zero-order valence-corrected chi connectivity index (χ0v) is 12.2. The fraction of sp³-hybridized carbons (Fsp3) is 0.375. The summed E-state index contributed by atoms with van der Waals surface area (Å²) >= 11 is 0. The maximum Gasteiger partial charge on any atom is 0.416 e. The molecule has 0 spiro atoms. The van der Waals surface area contributed by atoms with Crippen LogP contribution in [0.2, 0.25) is 0 Å². The van der Waals surface area contributed by atoms with Gasteiger partial charge in [0.25, 0.3) is 0 Å². The third-order valence-corrected chi connectivity index (χ3v) is 3.43. The van der Waals surface area contributed by atoms with Gasteiger partial charge in [0.05, 0.1) is 16.8 Å². The van der Waals surface area contributed by atoms with Crippen molar-refractivity contribution in [2.24, 2.45) is 10.4 Å². The predicted octanol–water partition coefficient (Wildman–Crippen LogP) is 4.61. The van der Waals surface area contributed by atoms with Gasteiger partial charge in [0.15, 0.2) is 5.78 Å². The molecular weight excluding hydrogens is 295 g/mol. The fourth-order valence-corrected chi connectivity index (χ4v) is 2.32. The third-order valence-electron chi connectivity index (χ3n) is 3.43. The summed E-state index contributed by atoms with van der Waals surface area (Å²) < 4.78 is 37.3. The van der Waals surface area contributed by atoms with Gasteiger partial charge in [-0.05, 0) is 29.7 Å². The van der Waals surface area contributed by atoms with Crippen molar-refractivity contribution in [3.05, 3.63) is 41.2 Å². The number of carbonyl (C=O) groups excluding carboxylic acids is 1. The maximum atomic E-state index is 12.4. The van der Waals surface area contributed by atoms with Crippen molar-refractivity contribution in [3.8, 4) is 0 Å². The standard InChI is InChI=1S/C16H16F3NO2/c1-15(2)7-13(21)12(14(22)8-15)9-20-11-5-3-10(4-6-11)16(17,18)19/h3-6,9,21H,7-8H2,1-2H3. The van der Waals surface area contributed by atoms with Gasteiger partial charge >= 0.3 is 6.18 Å². The van der Waals surface area contributed by atoms with Crippen LogP contribution < -0.4 is 0 Å². The number of aliphatic hydroxyl groups is 1. The summed E-state index contributed by atoms with van der Waals surface area (Å²) in [5.41, 5.74) is -0.651. The topological polar surface area (TPSA) is 49.7 Å². The Morgan fingerprint density at radius 2 is 1.77 bits per heavy atom. The lowest BCUT2D eigenvalue weighted by Crippen LogP contribution is -2.26. The number of ketones is 1. The highest BCUT2D eigenvalue weighted by molar-refractivity contribution is 6.14. The molecule has 0 saturated carbocycles. The van der Waals surface area contributed by atoms with Crippen molar-refractivity contribution < 1.29 is 23.1 Å². The summed E-state index contributed by atoms with van der Waals surface area (Å²) in [6, 6.07) is 4.28. The first-order valence-electron chi connectivity index (χ1n) is 6.75. The first-order valence-corrected chi connectivity index (χ1v) is 6.75. The van der Waals surface area contributed by atoms with Gasteiger partial charge in [0.1, 0.15) is 5.76 Å². The average molecular weight is 311 g/mol. The van der Waals surface area contributed by atoms with Crippen LogP contribution in [0.5, 0.6) is 0 Å². The van der Waals surface area contributed by atoms with Crippen molar-refractivity contribution >= 4 is 17.7 Å². The number of halogens is 3. The number of aliphatic imine (C=N–C) groups is 1. The fourth-order valence-electron chi connectivity index (χ4n) is 2.32. The second kappa shape index (κ2) is 5.59. The molecule has 1 aliphatic rings. The number of Topliss-reactive ketones (excluding diaryl/α,β-unsaturated/α-hetero) is 1. The SMILES string of the molecule is CC1(C)CC(=O)C(C=Nc2ccc(C(F)(F)F)cc2)=C(O)C1. The van der Waals surface area contributed by atoms with Crippen molar-refractivity contribution in [3.63, 3.8) is 0 Å². The number of carbonyl (C=O) groups is 1. The lowest BCUT2D eigenvalue weighted by atomic mass is 9.77. The highest BCUT2D eigenvalue weighted by Gasteiger charge is 2.32. The Hall–Kier alpha value is -2.11. The molecule has 0 aromatic heterocycles. The molecule has 22 heavy (non-hydrogen) atoms. The lowest BCUT2D eigenvalue weighted by Gasteiger charge is -2.28. The van der Waals surface area contributed by atoms with Gasteiger partial charge in [-0.25, -0.2) is 0 Å². The predicted molar refractivity (Wildman–Crippen MR) is 77.3 cm³/mol. The number of rotatable bonds is 2. The molecule has 0 amide bonds. The second-order valence-corrected chi connectivity index (χ2v) is 6.10. The molecule has 1 aromatic carbocycles. The van der Waals surface area contributed by atoms with Crippen molar-refractivity contribution in [1.29, 1.82) is 0 Å². The Morgan fingerprint density at radius 3 is 2.27 bits per heavy atom. The van der Waals surface area contributed by atoms with Crippen molar-refractivity contribution in [1.82, 2.24) is 0 Å². The van der Waals surface area contributed by atoms with Gasteiger partial charge in [0, 0.05) is 19.1 Å². The van der Waals surface area contributed by atoms with E-state index >= 15 is 0 Å². The molecule has 6 heteroatoms. The molecule has 0 bridgehead atoms. The largest absolute Gasteiger partial charge is 0.511 e. The summed E-state index contributed by atoms with van der Waals surface area (Å²) in [5, 5.41) is 9.92. The van der Waals surface area contributed by atoms with Crippen LogP contribution in [0, 0.1) is 5.41 Å². The van der Waals surface area contributed by atoms with E-state index in [9.17, 15) is 23.1 Å². The van der Waals surface area contributed by atoms with E-state index in [1.807, 2.05) is 13.8 Å². The Balaban J connectivity index is 2.20. The minimum atomic E-state index is -4.39. The molecule has 0 unspecified atom stereocenters. The summed E-state index contributed by atoms with van der Waals surface area (Å²) in [6.07, 6.45) is -2.51. The number of alkyl halides is 3. The normalized spacial score (nSPS) is 19.0. The first kappa shape index (κ1) is 16.3. The molecule has 118 valence electrons. The molecule has 0 saturated heterocycles. The van der Waals surface area contributed by atoms with Crippen LogP contribution in [-0.4, -0.2) is 17.1 Å². The molecule has 0 aliphatic heterocycles. The number of hydrogen-bond donors (Lipinski definition) is 1. The van der Waals surface area contributed by atoms with Crippen LogP contribution >= 0.6 is 0 Å². The zero-order valence-electron chi connectivity index (χ0n) is 12.2. The van der Waals surface area contributed by atoms with E-state index in [0.717, 1.165) is 12.1 Å². The highest BCUT2D eigenvalue weighted by Crippen LogP contribution is 2.35. The lowest BCUT2D eigenvalue weighted by molar-refractivity contribution is -0.137. The van der Waals surface area contributed by atoms with E-state index in [-0.39, 0.29) is 28.2 Å². The van der Waals surface area contributed by atoms with E-state index in [1.54, 1.807) is 0 Å². The molecule has 0 heterocycles. The number of hydrogen-bond acceptors (Lipinski definition) is 3. The van der Waals surface area contributed by atoms with E-state index < -0.39 is 11.7 Å². The molecule has 3 nitrogen and oxygen atoms in total. The van der Waals surface area contributed by atoms with Gasteiger partial charge in [0.2, 0.25) is 0 Å². The minimum Gasteiger partial charge on any atom is -0.511 e. The van der Waals surface area contributed by atoms with Crippen LogP contribution in [0.1, 0.15) is 32.3 Å². The third kappa shape index (κ3) is 3.75. The summed E-state index contributed by atoms with van der Waals surface area (Å²) in [5.74, 6) is -0.249. The second-order valence-electron chi connectivity index (χ2n) is 6.10. The van der Waals surface area contributed by atoms with Gasteiger partial charge in [-0.15, -0.1) is 0 Å². The Morgan fingerprint density at radius 1 is 1.18 bits per heavy atom. The summed E-state index contributed by atoms with van der Waals surface area (Å²) in [6.45, 7) is 3.76. The molecule has 1 aliphatic carbocycles. The molecule has 0 atom stereocenters. The summed E-state index contributed by atoms with van der Waals surface area (Å²) in [7, 11) is 0. The molecule has 2 rings (SSSR count). The molecule has 1 N–H and O–H groups in total. The Labute approximate surface area is 126 Å². The van der Waals surface area contributed by atoms with Crippen LogP contribution in [0.4, 0.5) is 18.9 Å². The number of aliphatic hydroxyl groups excluding tert-OH is 1. The van der Waals surface area contributed by atoms with E-state index in [0.29, 0.717) is 12.8 Å². The van der Waals surface area contributed by atoms with Crippen LogP contribution in [0.25, 0.3) is 0 Å². The Kier molecular flexibility index (Phi) is 4.13. The van der Waals surface area contributed by atoms with E-state index in [2.05, 4.69) is 4.99 Å². The van der Waals surface area contributed by atoms with Crippen molar-refractivity contribution in [2.75, 3.05) is 0 Å². The number of allylic oxidation sites excluding steroid dienone is 2. The van der Waals surface area contributed by atoms with Gasteiger partial charge in [-0.3, -0.25) is 9.79 Å². The van der Waals surface area contributed by atoms with Crippen molar-refractivity contribution in [2.45, 2.75) is 32.9 Å². The van der Waals surface area contributed by atoms with Gasteiger partial charge in [-0.1, -0.05) is 13.8 Å². The monoisotopic (exact) mass is 311 g/mol. The van der Waals surface area contributed by atoms with E-state index in [4.69, 9.17) is 0 Å². The Bertz CT molecular complexity index is 640. The molecule has 1 aromatic rings. The average Bonchev–Trinajstić information content (AvgIpc) is 2.35. The van der Waals surface area contributed by atoms with Crippen LogP contribution in [0.3, 0.4) is 0 Å². The number of nitrogens with zero attached hydrogens (tertiary/aromatic N) is 1. The minimum absolute atomic E-state index is 0.0306. The first-order chi connectivity index (χ1) is 10.1. The molecular formula is C16H16F3NO2.